The molecule has 5 nitrogen and oxygen atoms in total. The highest BCUT2D eigenvalue weighted by Crippen LogP contribution is 2.08. The largest absolute Gasteiger partial charge is 0.356 e. The minimum absolute atomic E-state index is 1.01. The molecule has 0 bridgehead atoms. The lowest BCUT2D eigenvalue weighted by Gasteiger charge is -2.36. The Bertz CT molecular complexity index is 504. The fourth-order valence-corrected chi connectivity index (χ4v) is 3.49. The van der Waals surface area contributed by atoms with Gasteiger partial charge in [-0.2, -0.15) is 0 Å². The van der Waals surface area contributed by atoms with Gasteiger partial charge in [0.2, 0.25) is 0 Å². The number of aliphatic imine (C=N–C) groups is 1. The van der Waals surface area contributed by atoms with Gasteiger partial charge in [0.15, 0.2) is 5.96 Å². The number of hydrogen-bond acceptors (Lipinski definition) is 3. The van der Waals surface area contributed by atoms with Gasteiger partial charge in [0, 0.05) is 46.3 Å². The van der Waals surface area contributed by atoms with Gasteiger partial charge in [0.25, 0.3) is 0 Å². The van der Waals surface area contributed by atoms with Crippen molar-refractivity contribution >= 4 is 5.96 Å². The molecule has 2 rings (SSSR count). The molecule has 1 aliphatic rings. The van der Waals surface area contributed by atoms with E-state index in [0.29, 0.717) is 0 Å². The van der Waals surface area contributed by atoms with Gasteiger partial charge in [0.1, 0.15) is 0 Å². The first-order chi connectivity index (χ1) is 12.8. The third-order valence-electron chi connectivity index (χ3n) is 5.21. The molecule has 26 heavy (non-hydrogen) atoms. The lowest BCUT2D eigenvalue weighted by atomic mass is 10.2. The summed E-state index contributed by atoms with van der Waals surface area (Å²) in [7, 11) is 1.90. The summed E-state index contributed by atoms with van der Waals surface area (Å²) in [6.07, 6.45) is 2.44. The van der Waals surface area contributed by atoms with Gasteiger partial charge in [-0.15, -0.1) is 0 Å². The molecule has 0 aliphatic carbocycles. The van der Waals surface area contributed by atoms with Crippen LogP contribution in [0.2, 0.25) is 0 Å². The number of rotatable bonds is 9. The Morgan fingerprint density at radius 3 is 2.35 bits per heavy atom. The van der Waals surface area contributed by atoms with Crippen molar-refractivity contribution in [1.29, 1.82) is 0 Å². The Morgan fingerprint density at radius 2 is 1.73 bits per heavy atom. The second-order valence-corrected chi connectivity index (χ2v) is 6.96. The van der Waals surface area contributed by atoms with Gasteiger partial charge in [0.05, 0.1) is 0 Å². The molecular weight excluding hydrogens is 322 g/mol. The van der Waals surface area contributed by atoms with E-state index in [2.05, 4.69) is 69.2 Å². The zero-order chi connectivity index (χ0) is 18.6. The van der Waals surface area contributed by atoms with Crippen LogP contribution in [0.1, 0.15) is 32.3 Å². The van der Waals surface area contributed by atoms with Crippen molar-refractivity contribution in [3.8, 4) is 0 Å². The fraction of sp³-hybridized carbons (Fsp3) is 0.667. The van der Waals surface area contributed by atoms with Crippen LogP contribution in [-0.4, -0.2) is 80.1 Å². The highest BCUT2D eigenvalue weighted by Gasteiger charge is 2.19. The van der Waals surface area contributed by atoms with Crippen LogP contribution >= 0.6 is 0 Å². The summed E-state index contributed by atoms with van der Waals surface area (Å²) in [5.41, 5.74) is 1.40. The third-order valence-corrected chi connectivity index (χ3v) is 5.21. The van der Waals surface area contributed by atoms with Crippen LogP contribution in [0.15, 0.2) is 35.3 Å². The van der Waals surface area contributed by atoms with Crippen LogP contribution in [0.4, 0.5) is 0 Å². The molecule has 0 spiro atoms. The molecule has 1 heterocycles. The number of piperazine rings is 1. The topological polar surface area (TPSA) is 34.1 Å². The maximum absolute atomic E-state index is 4.49. The SMILES string of the molecule is CCN(CC)CCCCNC(=NC)N1CCN(Cc2ccccc2)CC1. The van der Waals surface area contributed by atoms with Gasteiger partial charge < -0.3 is 15.1 Å². The number of nitrogens with one attached hydrogen (secondary N) is 1. The van der Waals surface area contributed by atoms with E-state index in [1.54, 1.807) is 0 Å². The Labute approximate surface area is 160 Å². The minimum atomic E-state index is 1.01. The fourth-order valence-electron chi connectivity index (χ4n) is 3.49. The molecule has 0 radical (unpaired) electrons. The number of benzene rings is 1. The van der Waals surface area contributed by atoms with E-state index in [4.69, 9.17) is 0 Å². The normalized spacial score (nSPS) is 16.3. The lowest BCUT2D eigenvalue weighted by molar-refractivity contribution is 0.172. The smallest absolute Gasteiger partial charge is 0.193 e. The monoisotopic (exact) mass is 359 g/mol. The van der Waals surface area contributed by atoms with Crippen LogP contribution in [0.3, 0.4) is 0 Å². The van der Waals surface area contributed by atoms with E-state index in [9.17, 15) is 0 Å². The minimum Gasteiger partial charge on any atom is -0.356 e. The molecule has 1 aliphatic heterocycles. The summed E-state index contributed by atoms with van der Waals surface area (Å²) in [5.74, 6) is 1.06. The van der Waals surface area contributed by atoms with Crippen LogP contribution in [-0.2, 0) is 6.54 Å². The first kappa shape index (κ1) is 20.7. The highest BCUT2D eigenvalue weighted by atomic mass is 15.3. The standard InChI is InChI=1S/C21H37N5/c1-4-24(5-2)14-10-9-13-23-21(22-3)26-17-15-25(16-18-26)19-20-11-7-6-8-12-20/h6-8,11-12H,4-5,9-10,13-19H2,1-3H3,(H,22,23). The van der Waals surface area contributed by atoms with Crippen molar-refractivity contribution in [2.24, 2.45) is 4.99 Å². The zero-order valence-electron chi connectivity index (χ0n) is 17.0. The number of guanidine groups is 1. The van der Waals surface area contributed by atoms with E-state index in [0.717, 1.165) is 58.3 Å². The Kier molecular flexibility index (Phi) is 9.50. The van der Waals surface area contributed by atoms with E-state index >= 15 is 0 Å². The van der Waals surface area contributed by atoms with Crippen LogP contribution in [0.5, 0.6) is 0 Å². The molecule has 0 aromatic heterocycles. The molecule has 5 heteroatoms. The molecule has 0 saturated carbocycles. The lowest BCUT2D eigenvalue weighted by Crippen LogP contribution is -2.52. The third kappa shape index (κ3) is 6.96. The molecule has 146 valence electrons. The Morgan fingerprint density at radius 1 is 1.04 bits per heavy atom. The van der Waals surface area contributed by atoms with Gasteiger partial charge in [-0.1, -0.05) is 44.2 Å². The summed E-state index contributed by atoms with van der Waals surface area (Å²) in [4.78, 5) is 11.9. The summed E-state index contributed by atoms with van der Waals surface area (Å²) < 4.78 is 0. The van der Waals surface area contributed by atoms with Gasteiger partial charge in [-0.3, -0.25) is 9.89 Å². The van der Waals surface area contributed by atoms with Crippen LogP contribution in [0, 0.1) is 0 Å². The second kappa shape index (κ2) is 11.9. The summed E-state index contributed by atoms with van der Waals surface area (Å²) in [5, 5.41) is 3.55. The Balaban J connectivity index is 1.65. The van der Waals surface area contributed by atoms with Gasteiger partial charge >= 0.3 is 0 Å². The number of hydrogen-bond donors (Lipinski definition) is 1. The molecule has 1 aromatic carbocycles. The molecule has 0 amide bonds. The van der Waals surface area contributed by atoms with Crippen LogP contribution in [0.25, 0.3) is 0 Å². The van der Waals surface area contributed by atoms with E-state index < -0.39 is 0 Å². The second-order valence-electron chi connectivity index (χ2n) is 6.96. The molecule has 1 aromatic rings. The van der Waals surface area contributed by atoms with Crippen molar-refractivity contribution in [2.45, 2.75) is 33.2 Å². The number of unbranched alkanes of at least 4 members (excludes halogenated alkanes) is 1. The summed E-state index contributed by atoms with van der Waals surface area (Å²) in [6, 6.07) is 10.8. The van der Waals surface area contributed by atoms with Crippen molar-refractivity contribution in [3.63, 3.8) is 0 Å². The zero-order valence-corrected chi connectivity index (χ0v) is 17.0. The molecule has 1 saturated heterocycles. The van der Waals surface area contributed by atoms with Gasteiger partial charge in [-0.25, -0.2) is 0 Å². The van der Waals surface area contributed by atoms with Crippen LogP contribution < -0.4 is 5.32 Å². The average Bonchev–Trinajstić information content (AvgIpc) is 2.69. The average molecular weight is 360 g/mol. The molecule has 0 unspecified atom stereocenters. The van der Waals surface area contributed by atoms with Gasteiger partial charge in [-0.05, 0) is 38.0 Å². The molecule has 1 N–H and O–H groups in total. The first-order valence-corrected chi connectivity index (χ1v) is 10.2. The highest BCUT2D eigenvalue weighted by molar-refractivity contribution is 5.79. The van der Waals surface area contributed by atoms with Crippen molar-refractivity contribution in [1.82, 2.24) is 20.0 Å². The van der Waals surface area contributed by atoms with Crippen molar-refractivity contribution in [2.75, 3.05) is 59.4 Å². The molecule has 1 fully saturated rings. The summed E-state index contributed by atoms with van der Waals surface area (Å²) in [6.45, 7) is 14.3. The quantitative estimate of drug-likeness (QED) is 0.417. The molecule has 0 atom stereocenters. The summed E-state index contributed by atoms with van der Waals surface area (Å²) >= 11 is 0. The number of nitrogens with zero attached hydrogens (tertiary/aromatic N) is 4. The predicted octanol–water partition coefficient (Wildman–Crippen LogP) is 2.50. The maximum Gasteiger partial charge on any atom is 0.193 e. The van der Waals surface area contributed by atoms with E-state index in [-0.39, 0.29) is 0 Å². The maximum atomic E-state index is 4.49. The van der Waals surface area contributed by atoms with Crippen molar-refractivity contribution < 1.29 is 0 Å². The molecular formula is C21H37N5. The first-order valence-electron chi connectivity index (χ1n) is 10.2. The predicted molar refractivity (Wildman–Crippen MR) is 112 cm³/mol. The van der Waals surface area contributed by atoms with E-state index in [1.165, 1.54) is 24.9 Å². The van der Waals surface area contributed by atoms with E-state index in [1.807, 2.05) is 7.05 Å². The van der Waals surface area contributed by atoms with Crippen molar-refractivity contribution in [3.05, 3.63) is 35.9 Å². The Hall–Kier alpha value is -1.59.